The molecule has 21 heavy (non-hydrogen) atoms. The third kappa shape index (κ3) is 5.00. The molecule has 0 spiro atoms. The van der Waals surface area contributed by atoms with Gasteiger partial charge in [-0.15, -0.1) is 11.3 Å². The van der Waals surface area contributed by atoms with E-state index in [-0.39, 0.29) is 29.0 Å². The number of hydrogen-bond donors (Lipinski definition) is 3. The first-order valence-corrected chi connectivity index (χ1v) is 7.09. The summed E-state index contributed by atoms with van der Waals surface area (Å²) in [7, 11) is 1.45. The molecule has 0 unspecified atom stereocenters. The Labute approximate surface area is 124 Å². The lowest BCUT2D eigenvalue weighted by Gasteiger charge is -2.13. The molecule has 5 nitrogen and oxygen atoms in total. The van der Waals surface area contributed by atoms with Crippen molar-refractivity contribution in [2.24, 2.45) is 0 Å². The van der Waals surface area contributed by atoms with Gasteiger partial charge in [0.25, 0.3) is 5.91 Å². The van der Waals surface area contributed by atoms with Crippen molar-refractivity contribution in [3.05, 3.63) is 4.88 Å². The number of halogens is 3. The van der Waals surface area contributed by atoms with E-state index in [9.17, 15) is 18.0 Å². The molecule has 0 aliphatic carbocycles. The smallest absolute Gasteiger partial charge is 0.390 e. The highest BCUT2D eigenvalue weighted by Gasteiger charge is 2.27. The molecule has 4 N–H and O–H groups in total. The van der Waals surface area contributed by atoms with Gasteiger partial charge in [0, 0.05) is 13.6 Å². The first-order chi connectivity index (χ1) is 9.65. The predicted octanol–water partition coefficient (Wildman–Crippen LogP) is 2.84. The molecule has 0 aromatic carbocycles. The van der Waals surface area contributed by atoms with Gasteiger partial charge in [0.05, 0.1) is 12.5 Å². The van der Waals surface area contributed by atoms with Crippen LogP contribution < -0.4 is 21.1 Å². The molecule has 0 aliphatic rings. The maximum absolute atomic E-state index is 12.2. The average molecular weight is 325 g/mol. The van der Waals surface area contributed by atoms with Crippen LogP contribution in [0.2, 0.25) is 0 Å². The maximum atomic E-state index is 12.2. The zero-order valence-electron chi connectivity index (χ0n) is 11.9. The van der Waals surface area contributed by atoms with Crippen molar-refractivity contribution < 1.29 is 22.7 Å². The van der Waals surface area contributed by atoms with Gasteiger partial charge in [-0.3, -0.25) is 4.79 Å². The van der Waals surface area contributed by atoms with Crippen molar-refractivity contribution in [2.75, 3.05) is 24.6 Å². The van der Waals surface area contributed by atoms with Gasteiger partial charge in [-0.1, -0.05) is 0 Å². The normalized spacial score (nSPS) is 11.6. The fourth-order valence-corrected chi connectivity index (χ4v) is 2.52. The van der Waals surface area contributed by atoms with Crippen LogP contribution >= 0.6 is 11.3 Å². The molecule has 1 aromatic rings. The molecule has 0 radical (unpaired) electrons. The maximum Gasteiger partial charge on any atom is 0.390 e. The Bertz CT molecular complexity index is 501. The molecule has 1 amide bonds. The summed E-state index contributed by atoms with van der Waals surface area (Å²) >= 11 is 0.971. The molecule has 0 saturated carbocycles. The van der Waals surface area contributed by atoms with E-state index in [4.69, 9.17) is 10.5 Å². The summed E-state index contributed by atoms with van der Waals surface area (Å²) in [6, 6.07) is 0. The van der Waals surface area contributed by atoms with Gasteiger partial charge in [-0.05, 0) is 13.8 Å². The van der Waals surface area contributed by atoms with Crippen LogP contribution in [0.3, 0.4) is 0 Å². The minimum absolute atomic E-state index is 0.127. The van der Waals surface area contributed by atoms with Crippen LogP contribution in [0.5, 0.6) is 5.75 Å². The predicted molar refractivity (Wildman–Crippen MR) is 77.0 cm³/mol. The Kier molecular flexibility index (Phi) is 5.70. The van der Waals surface area contributed by atoms with E-state index in [2.05, 4.69) is 10.6 Å². The lowest BCUT2D eigenvalue weighted by molar-refractivity contribution is -0.131. The average Bonchev–Trinajstić information content (AvgIpc) is 2.65. The van der Waals surface area contributed by atoms with Gasteiger partial charge >= 0.3 is 6.18 Å². The minimum atomic E-state index is -4.25. The molecule has 0 aliphatic heterocycles. The van der Waals surface area contributed by atoms with Crippen molar-refractivity contribution in [2.45, 2.75) is 32.5 Å². The number of rotatable bonds is 6. The van der Waals surface area contributed by atoms with Gasteiger partial charge in [0.15, 0.2) is 5.75 Å². The van der Waals surface area contributed by atoms with E-state index in [1.54, 1.807) is 13.8 Å². The molecule has 1 rings (SSSR count). The van der Waals surface area contributed by atoms with Gasteiger partial charge in [0.2, 0.25) is 0 Å². The third-order valence-electron chi connectivity index (χ3n) is 2.38. The molecule has 0 bridgehead atoms. The van der Waals surface area contributed by atoms with Crippen LogP contribution in [0.25, 0.3) is 0 Å². The molecule has 0 saturated heterocycles. The SMILES string of the molecule is CNC(=O)c1sc(NCCC(F)(F)F)c(OC(C)C)c1N. The molecule has 1 aromatic heterocycles. The second-order valence-electron chi connectivity index (χ2n) is 4.54. The first kappa shape index (κ1) is 17.4. The second kappa shape index (κ2) is 6.88. The van der Waals surface area contributed by atoms with Crippen molar-refractivity contribution in [1.82, 2.24) is 5.32 Å². The van der Waals surface area contributed by atoms with Crippen LogP contribution in [0, 0.1) is 0 Å². The zero-order valence-corrected chi connectivity index (χ0v) is 12.7. The Morgan fingerprint density at radius 2 is 2.05 bits per heavy atom. The van der Waals surface area contributed by atoms with Gasteiger partial charge in [0.1, 0.15) is 15.6 Å². The van der Waals surface area contributed by atoms with Crippen LogP contribution in [-0.4, -0.2) is 31.8 Å². The quantitative estimate of drug-likeness (QED) is 0.752. The summed E-state index contributed by atoms with van der Waals surface area (Å²) in [5.74, 6) is -0.189. The number of alkyl halides is 3. The lowest BCUT2D eigenvalue weighted by Crippen LogP contribution is -2.17. The lowest BCUT2D eigenvalue weighted by atomic mass is 10.3. The van der Waals surface area contributed by atoms with Crippen molar-refractivity contribution in [3.8, 4) is 5.75 Å². The topological polar surface area (TPSA) is 76.4 Å². The fraction of sp³-hybridized carbons (Fsp3) is 0.583. The van der Waals surface area contributed by atoms with Crippen LogP contribution in [-0.2, 0) is 0 Å². The molecule has 1 heterocycles. The number of carbonyl (C=O) groups is 1. The second-order valence-corrected chi connectivity index (χ2v) is 5.56. The van der Waals surface area contributed by atoms with Crippen LogP contribution in [0.4, 0.5) is 23.9 Å². The van der Waals surface area contributed by atoms with Crippen molar-refractivity contribution >= 4 is 27.9 Å². The minimum Gasteiger partial charge on any atom is -0.486 e. The Balaban J connectivity index is 2.97. The number of carbonyl (C=O) groups excluding carboxylic acids is 1. The summed E-state index contributed by atoms with van der Waals surface area (Å²) in [6.07, 6.45) is -5.46. The summed E-state index contributed by atoms with van der Waals surface area (Å²) in [5, 5.41) is 5.38. The number of nitrogen functional groups attached to an aromatic ring is 1. The number of nitrogens with two attached hydrogens (primary N) is 1. The molecule has 9 heteroatoms. The van der Waals surface area contributed by atoms with E-state index in [1.807, 2.05) is 0 Å². The van der Waals surface area contributed by atoms with Gasteiger partial charge < -0.3 is 21.1 Å². The van der Waals surface area contributed by atoms with E-state index < -0.39 is 18.5 Å². The van der Waals surface area contributed by atoms with Crippen molar-refractivity contribution in [3.63, 3.8) is 0 Å². The summed E-state index contributed by atoms with van der Waals surface area (Å²) in [5.41, 5.74) is 5.98. The number of nitrogens with one attached hydrogen (secondary N) is 2. The van der Waals surface area contributed by atoms with E-state index in [0.717, 1.165) is 11.3 Å². The third-order valence-corrected chi connectivity index (χ3v) is 3.52. The van der Waals surface area contributed by atoms with E-state index in [0.29, 0.717) is 5.00 Å². The standard InChI is InChI=1S/C12H18F3N3O2S/c1-6(2)20-8-7(16)9(10(19)17-3)21-11(8)18-5-4-12(13,14)15/h6,18H,4-5,16H2,1-3H3,(H,17,19). The molecular weight excluding hydrogens is 307 g/mol. The number of amides is 1. The highest BCUT2D eigenvalue weighted by molar-refractivity contribution is 7.19. The van der Waals surface area contributed by atoms with E-state index >= 15 is 0 Å². The number of hydrogen-bond acceptors (Lipinski definition) is 5. The van der Waals surface area contributed by atoms with Gasteiger partial charge in [-0.25, -0.2) is 0 Å². The number of ether oxygens (including phenoxy) is 1. The van der Waals surface area contributed by atoms with Crippen LogP contribution in [0.1, 0.15) is 29.9 Å². The molecule has 0 fully saturated rings. The molecule has 0 atom stereocenters. The zero-order chi connectivity index (χ0) is 16.2. The molecular formula is C12H18F3N3O2S. The Hall–Kier alpha value is -1.64. The number of thiophene rings is 1. The van der Waals surface area contributed by atoms with E-state index in [1.165, 1.54) is 7.05 Å². The largest absolute Gasteiger partial charge is 0.486 e. The Morgan fingerprint density at radius 3 is 2.52 bits per heavy atom. The van der Waals surface area contributed by atoms with Crippen LogP contribution in [0.15, 0.2) is 0 Å². The Morgan fingerprint density at radius 1 is 1.43 bits per heavy atom. The summed E-state index contributed by atoms with van der Waals surface area (Å²) in [6.45, 7) is 3.21. The van der Waals surface area contributed by atoms with Crippen molar-refractivity contribution in [1.29, 1.82) is 0 Å². The monoisotopic (exact) mass is 325 g/mol. The number of anilines is 2. The first-order valence-electron chi connectivity index (χ1n) is 6.27. The summed E-state index contributed by atoms with van der Waals surface area (Å²) < 4.78 is 42.0. The molecule has 120 valence electrons. The van der Waals surface area contributed by atoms with Gasteiger partial charge in [-0.2, -0.15) is 13.2 Å². The highest BCUT2D eigenvalue weighted by atomic mass is 32.1. The highest BCUT2D eigenvalue weighted by Crippen LogP contribution is 2.43. The fourth-order valence-electron chi connectivity index (χ4n) is 1.50. The summed E-state index contributed by atoms with van der Waals surface area (Å²) in [4.78, 5) is 11.9.